The summed E-state index contributed by atoms with van der Waals surface area (Å²) < 4.78 is 6.01. The lowest BCUT2D eigenvalue weighted by molar-refractivity contribution is -0.188. The van der Waals surface area contributed by atoms with Gasteiger partial charge in [0.15, 0.2) is 23.4 Å². The van der Waals surface area contributed by atoms with Crippen LogP contribution in [0.2, 0.25) is 0 Å². The Bertz CT molecular complexity index is 790. The second-order valence-corrected chi connectivity index (χ2v) is 7.89. The number of carbonyl (C=O) groups excluding carboxylic acids is 1. The maximum atomic E-state index is 12.7. The fourth-order valence-electron chi connectivity index (χ4n) is 5.94. The molecule has 25 heavy (non-hydrogen) atoms. The van der Waals surface area contributed by atoms with E-state index in [1.54, 1.807) is 6.07 Å². The van der Waals surface area contributed by atoms with Crippen LogP contribution in [0.1, 0.15) is 36.8 Å². The number of hydrogen-bond donors (Lipinski definition) is 2. The molecule has 0 amide bonds. The molecule has 1 spiro atoms. The average molecular weight is 341 g/mol. The summed E-state index contributed by atoms with van der Waals surface area (Å²) in [6, 6.07) is 3.56. The van der Waals surface area contributed by atoms with Gasteiger partial charge in [-0.3, -0.25) is 9.69 Å². The predicted molar refractivity (Wildman–Crippen MR) is 91.9 cm³/mol. The Hall–Kier alpha value is -1.85. The van der Waals surface area contributed by atoms with Crippen LogP contribution >= 0.6 is 0 Å². The molecule has 2 bridgehead atoms. The Morgan fingerprint density at radius 2 is 2.24 bits per heavy atom. The molecule has 2 heterocycles. The van der Waals surface area contributed by atoms with Gasteiger partial charge in [0.1, 0.15) is 0 Å². The van der Waals surface area contributed by atoms with Crippen LogP contribution in [0.5, 0.6) is 11.5 Å². The number of Topliss-reactive ketones (excluding diaryl/α,β-unsaturated/α-hetero) is 1. The van der Waals surface area contributed by atoms with E-state index in [4.69, 9.17) is 4.74 Å². The highest BCUT2D eigenvalue weighted by Gasteiger charge is 2.73. The van der Waals surface area contributed by atoms with Gasteiger partial charge in [-0.05, 0) is 43.9 Å². The highest BCUT2D eigenvalue weighted by Crippen LogP contribution is 2.64. The summed E-state index contributed by atoms with van der Waals surface area (Å²) in [5, 5.41) is 22.2. The lowest BCUT2D eigenvalue weighted by atomic mass is 9.49. The molecule has 1 aromatic carbocycles. The van der Waals surface area contributed by atoms with E-state index < -0.39 is 17.1 Å². The second-order valence-electron chi connectivity index (χ2n) is 7.89. The Morgan fingerprint density at radius 1 is 1.40 bits per heavy atom. The molecular weight excluding hydrogens is 318 g/mol. The van der Waals surface area contributed by atoms with Crippen LogP contribution in [-0.4, -0.2) is 51.7 Å². The summed E-state index contributed by atoms with van der Waals surface area (Å²) in [5.74, 6) is 0.547. The number of benzene rings is 1. The first kappa shape index (κ1) is 15.4. The van der Waals surface area contributed by atoms with Gasteiger partial charge in [0, 0.05) is 24.6 Å². The first-order valence-corrected chi connectivity index (χ1v) is 9.15. The Balaban J connectivity index is 1.73. The van der Waals surface area contributed by atoms with Gasteiger partial charge in [0.05, 0.1) is 11.0 Å². The molecule has 1 saturated heterocycles. The van der Waals surface area contributed by atoms with E-state index in [1.165, 1.54) is 0 Å². The molecule has 132 valence electrons. The number of ketones is 1. The van der Waals surface area contributed by atoms with E-state index in [0.717, 1.165) is 37.1 Å². The van der Waals surface area contributed by atoms with Crippen LogP contribution in [0.3, 0.4) is 0 Å². The van der Waals surface area contributed by atoms with Crippen molar-refractivity contribution in [3.63, 3.8) is 0 Å². The monoisotopic (exact) mass is 341 g/mol. The van der Waals surface area contributed by atoms with Crippen molar-refractivity contribution in [3.8, 4) is 11.5 Å². The maximum absolute atomic E-state index is 12.7. The van der Waals surface area contributed by atoms with Gasteiger partial charge >= 0.3 is 0 Å². The van der Waals surface area contributed by atoms with Crippen LogP contribution in [0.4, 0.5) is 0 Å². The largest absolute Gasteiger partial charge is 0.504 e. The second kappa shape index (κ2) is 4.86. The number of rotatable bonds is 3. The molecule has 5 rings (SSSR count). The normalized spacial score (nSPS) is 38.2. The van der Waals surface area contributed by atoms with E-state index in [-0.39, 0.29) is 17.6 Å². The number of piperidine rings is 1. The first-order valence-electron chi connectivity index (χ1n) is 9.15. The molecule has 0 radical (unpaired) electrons. The summed E-state index contributed by atoms with van der Waals surface area (Å²) in [7, 11) is 0. The standard InChI is InChI=1S/C20H23NO4/c1-2-3-9-21-10-8-19-16-12-4-5-13(22)17(16)25-18(19)14(23)6-7-20(19,24)15(21)11-12/h2,4-5,15,18,22,24H,1,3,6-11H2. The maximum Gasteiger partial charge on any atom is 0.174 e. The van der Waals surface area contributed by atoms with Crippen molar-refractivity contribution >= 4 is 5.78 Å². The zero-order valence-electron chi connectivity index (χ0n) is 14.2. The fourth-order valence-corrected chi connectivity index (χ4v) is 5.94. The number of carbonyl (C=O) groups is 1. The zero-order chi connectivity index (χ0) is 17.4. The summed E-state index contributed by atoms with van der Waals surface area (Å²) in [5.41, 5.74) is 0.298. The average Bonchev–Trinajstić information content (AvgIpc) is 2.95. The van der Waals surface area contributed by atoms with E-state index >= 15 is 0 Å². The van der Waals surface area contributed by atoms with Gasteiger partial charge in [0.25, 0.3) is 0 Å². The van der Waals surface area contributed by atoms with Gasteiger partial charge in [-0.25, -0.2) is 0 Å². The lowest BCUT2D eigenvalue weighted by Gasteiger charge is -2.62. The van der Waals surface area contributed by atoms with E-state index in [2.05, 4.69) is 11.5 Å². The van der Waals surface area contributed by atoms with Crippen LogP contribution in [-0.2, 0) is 16.6 Å². The molecular formula is C20H23NO4. The van der Waals surface area contributed by atoms with Crippen molar-refractivity contribution in [1.29, 1.82) is 0 Å². The molecule has 1 saturated carbocycles. The molecule has 4 aliphatic rings. The number of hydrogen-bond acceptors (Lipinski definition) is 5. The zero-order valence-corrected chi connectivity index (χ0v) is 14.2. The third-order valence-corrected chi connectivity index (χ3v) is 6.99. The van der Waals surface area contributed by atoms with E-state index in [1.807, 2.05) is 12.1 Å². The van der Waals surface area contributed by atoms with Crippen molar-refractivity contribution in [2.75, 3.05) is 13.1 Å². The molecule has 2 aliphatic carbocycles. The quantitative estimate of drug-likeness (QED) is 0.819. The molecule has 2 N–H and O–H groups in total. The van der Waals surface area contributed by atoms with Crippen LogP contribution < -0.4 is 4.74 Å². The Kier molecular flexibility index (Phi) is 3.00. The van der Waals surface area contributed by atoms with E-state index in [0.29, 0.717) is 25.0 Å². The van der Waals surface area contributed by atoms with Gasteiger partial charge in [-0.2, -0.15) is 0 Å². The Morgan fingerprint density at radius 3 is 3.04 bits per heavy atom. The molecule has 5 heteroatoms. The number of aliphatic hydroxyl groups is 1. The molecule has 5 nitrogen and oxygen atoms in total. The highest BCUT2D eigenvalue weighted by molar-refractivity contribution is 5.90. The SMILES string of the molecule is C=CCCN1CCC23c4c5ccc(O)c4OC2C(=O)CCC3(O)C1C5. The summed E-state index contributed by atoms with van der Waals surface area (Å²) in [4.78, 5) is 15.0. The van der Waals surface area contributed by atoms with Crippen molar-refractivity contribution in [2.24, 2.45) is 0 Å². The predicted octanol–water partition coefficient (Wildman–Crippen LogP) is 1.69. The molecule has 4 unspecified atom stereocenters. The van der Waals surface area contributed by atoms with Gasteiger partial charge in [-0.15, -0.1) is 6.58 Å². The smallest absolute Gasteiger partial charge is 0.174 e. The molecule has 2 fully saturated rings. The van der Waals surface area contributed by atoms with Crippen LogP contribution in [0, 0.1) is 0 Å². The van der Waals surface area contributed by atoms with Crippen LogP contribution in [0.15, 0.2) is 24.8 Å². The molecule has 2 aliphatic heterocycles. The van der Waals surface area contributed by atoms with Crippen LogP contribution in [0.25, 0.3) is 0 Å². The minimum absolute atomic E-state index is 0.0246. The lowest BCUT2D eigenvalue weighted by Crippen LogP contribution is -2.76. The molecule has 1 aromatic rings. The van der Waals surface area contributed by atoms with Crippen molar-refractivity contribution in [2.45, 2.75) is 55.3 Å². The van der Waals surface area contributed by atoms with E-state index in [9.17, 15) is 15.0 Å². The third-order valence-electron chi connectivity index (χ3n) is 6.99. The topological polar surface area (TPSA) is 70.0 Å². The summed E-state index contributed by atoms with van der Waals surface area (Å²) >= 11 is 0. The Labute approximate surface area is 146 Å². The first-order chi connectivity index (χ1) is 12.0. The number of nitrogens with zero attached hydrogens (tertiary/aromatic N) is 1. The van der Waals surface area contributed by atoms with Gasteiger partial charge in [0.2, 0.25) is 0 Å². The number of phenolic OH excluding ortho intramolecular Hbond substituents is 1. The fraction of sp³-hybridized carbons (Fsp3) is 0.550. The third kappa shape index (κ3) is 1.64. The minimum Gasteiger partial charge on any atom is -0.504 e. The summed E-state index contributed by atoms with van der Waals surface area (Å²) in [6.07, 6.45) is 4.32. The molecule has 0 aromatic heterocycles. The van der Waals surface area contributed by atoms with Gasteiger partial charge < -0.3 is 14.9 Å². The number of ether oxygens (including phenoxy) is 1. The number of phenols is 1. The summed E-state index contributed by atoms with van der Waals surface area (Å²) in [6.45, 7) is 5.51. The van der Waals surface area contributed by atoms with Crippen molar-refractivity contribution in [1.82, 2.24) is 4.90 Å². The number of aromatic hydroxyl groups is 1. The highest BCUT2D eigenvalue weighted by atomic mass is 16.5. The molecule has 4 atom stereocenters. The number of likely N-dealkylation sites (tertiary alicyclic amines) is 1. The van der Waals surface area contributed by atoms with Crippen molar-refractivity contribution in [3.05, 3.63) is 35.9 Å². The minimum atomic E-state index is -0.989. The van der Waals surface area contributed by atoms with Gasteiger partial charge in [-0.1, -0.05) is 12.1 Å². The van der Waals surface area contributed by atoms with Crippen molar-refractivity contribution < 1.29 is 19.7 Å².